The van der Waals surface area contributed by atoms with Gasteiger partial charge in [-0.05, 0) is 85.9 Å². The van der Waals surface area contributed by atoms with Crippen molar-refractivity contribution in [2.75, 3.05) is 24.6 Å². The molecule has 192 valence electrons. The molecular weight excluding hydrogens is 477 g/mol. The molecule has 0 N–H and O–H groups in total. The number of rotatable bonds is 17. The lowest BCUT2D eigenvalue weighted by Gasteiger charge is -2.25. The number of hydrogen-bond acceptors (Lipinski definition) is 6. The lowest BCUT2D eigenvalue weighted by Crippen LogP contribution is -2.13. The summed E-state index contributed by atoms with van der Waals surface area (Å²) in [6.45, 7) is 15.0. The van der Waals surface area contributed by atoms with Crippen LogP contribution in [0.2, 0.25) is 0 Å². The molecule has 1 aromatic rings. The summed E-state index contributed by atoms with van der Waals surface area (Å²) in [4.78, 5) is 0. The summed E-state index contributed by atoms with van der Waals surface area (Å²) in [6.07, 6.45) is 3.52. The second kappa shape index (κ2) is 15.1. The van der Waals surface area contributed by atoms with Crippen molar-refractivity contribution >= 4 is 28.4 Å². The molecule has 33 heavy (non-hydrogen) atoms. The average molecular weight is 523 g/mol. The van der Waals surface area contributed by atoms with Gasteiger partial charge in [-0.3, -0.25) is 9.13 Å². The first-order valence-electron chi connectivity index (χ1n) is 12.1. The molecule has 0 unspecified atom stereocenters. The van der Waals surface area contributed by atoms with Crippen LogP contribution in [0.15, 0.2) is 30.3 Å². The van der Waals surface area contributed by atoms with E-state index in [-0.39, 0.29) is 24.4 Å². The van der Waals surface area contributed by atoms with Gasteiger partial charge in [-0.2, -0.15) is 0 Å². The fraction of sp³-hybridized carbons (Fsp3) is 0.750. The average Bonchev–Trinajstić information content (AvgIpc) is 2.64. The first-order chi connectivity index (χ1) is 15.3. The van der Waals surface area contributed by atoms with Gasteiger partial charge in [0.15, 0.2) is 0 Å². The molecule has 0 heterocycles. The lowest BCUT2D eigenvalue weighted by molar-refractivity contribution is 0.141. The molecule has 0 bridgehead atoms. The van der Waals surface area contributed by atoms with E-state index < -0.39 is 23.1 Å². The zero-order chi connectivity index (χ0) is 25.1. The molecule has 1 aromatic carbocycles. The molecule has 9 heteroatoms. The molecule has 0 spiro atoms. The molecule has 0 atom stereocenters. The summed E-state index contributed by atoms with van der Waals surface area (Å²) < 4.78 is 49.2. The third-order valence-electron chi connectivity index (χ3n) is 4.33. The van der Waals surface area contributed by atoms with Crippen LogP contribution in [0.1, 0.15) is 68.2 Å². The first kappa shape index (κ1) is 31.0. The molecule has 0 fully saturated rings. The van der Waals surface area contributed by atoms with Crippen LogP contribution in [0.25, 0.3) is 0 Å². The van der Waals surface area contributed by atoms with E-state index in [0.717, 1.165) is 25.2 Å². The largest absolute Gasteiger partial charge is 0.331 e. The quantitative estimate of drug-likeness (QED) is 0.196. The Bertz CT molecular complexity index is 680. The molecular formula is C24H45O6P3. The summed E-state index contributed by atoms with van der Waals surface area (Å²) in [5.74, 6) is 0. The third kappa shape index (κ3) is 13.6. The molecule has 0 aromatic heterocycles. The van der Waals surface area contributed by atoms with Crippen molar-refractivity contribution in [2.45, 2.75) is 92.6 Å². The van der Waals surface area contributed by atoms with E-state index in [9.17, 15) is 9.13 Å². The highest BCUT2D eigenvalue weighted by Crippen LogP contribution is 2.53. The van der Waals surface area contributed by atoms with Crippen molar-refractivity contribution in [2.24, 2.45) is 0 Å². The Balaban J connectivity index is 2.82. The topological polar surface area (TPSA) is 71.1 Å². The summed E-state index contributed by atoms with van der Waals surface area (Å²) in [5, 5.41) is 1.29. The standard InChI is InChI=1S/C24H45O6P3/c1-20(2)27-32(25,28-21(3)4)18-12-16-31(24-14-10-9-11-15-24)17-13-19-33(26,29-22(5)6)30-23(7)8/h9-11,14-15,20-23H,12-13,16-19H2,1-8H3. The van der Waals surface area contributed by atoms with Crippen molar-refractivity contribution in [3.8, 4) is 0 Å². The highest BCUT2D eigenvalue weighted by Gasteiger charge is 2.29. The monoisotopic (exact) mass is 522 g/mol. The molecule has 0 saturated carbocycles. The van der Waals surface area contributed by atoms with Crippen LogP contribution in [0.5, 0.6) is 0 Å². The van der Waals surface area contributed by atoms with Gasteiger partial charge in [0.1, 0.15) is 0 Å². The second-order valence-corrected chi connectivity index (χ2v) is 16.0. The predicted molar refractivity (Wildman–Crippen MR) is 142 cm³/mol. The molecule has 0 saturated heterocycles. The zero-order valence-corrected chi connectivity index (χ0v) is 24.4. The van der Waals surface area contributed by atoms with Crippen LogP contribution >= 0.6 is 23.1 Å². The lowest BCUT2D eigenvalue weighted by atomic mass is 10.4. The smallest absolute Gasteiger partial charge is 0.306 e. The third-order valence-corrected chi connectivity index (χ3v) is 11.8. The van der Waals surface area contributed by atoms with Gasteiger partial charge in [0.05, 0.1) is 36.7 Å². The predicted octanol–water partition coefficient (Wildman–Crippen LogP) is 7.66. The van der Waals surface area contributed by atoms with Crippen molar-refractivity contribution in [3.63, 3.8) is 0 Å². The second-order valence-electron chi connectivity index (χ2n) is 9.32. The van der Waals surface area contributed by atoms with E-state index in [1.807, 2.05) is 73.6 Å². The Kier molecular flexibility index (Phi) is 14.2. The normalized spacial score (nSPS) is 13.2. The minimum atomic E-state index is -3.14. The van der Waals surface area contributed by atoms with Gasteiger partial charge in [-0.1, -0.05) is 38.3 Å². The summed E-state index contributed by atoms with van der Waals surface area (Å²) in [5.41, 5.74) is 0. The maximum absolute atomic E-state index is 13.2. The van der Waals surface area contributed by atoms with Gasteiger partial charge in [-0.15, -0.1) is 0 Å². The highest BCUT2D eigenvalue weighted by atomic mass is 31.2. The Labute approximate surface area is 203 Å². The fourth-order valence-electron chi connectivity index (χ4n) is 3.46. The van der Waals surface area contributed by atoms with Crippen molar-refractivity contribution in [3.05, 3.63) is 30.3 Å². The maximum atomic E-state index is 13.2. The minimum absolute atomic E-state index is 0.152. The Hall–Kier alpha value is -0.0500. The highest BCUT2D eigenvalue weighted by molar-refractivity contribution is 7.65. The molecule has 0 amide bonds. The Morgan fingerprint density at radius 2 is 0.970 bits per heavy atom. The number of benzene rings is 1. The van der Waals surface area contributed by atoms with Crippen LogP contribution in [-0.2, 0) is 27.2 Å². The zero-order valence-electron chi connectivity index (χ0n) is 21.7. The fourth-order valence-corrected chi connectivity index (χ4v) is 10.6. The van der Waals surface area contributed by atoms with E-state index in [4.69, 9.17) is 18.1 Å². The Morgan fingerprint density at radius 3 is 1.27 bits per heavy atom. The summed E-state index contributed by atoms with van der Waals surface area (Å²) >= 11 is 0. The minimum Gasteiger partial charge on any atom is -0.306 e. The number of hydrogen-bond donors (Lipinski definition) is 0. The van der Waals surface area contributed by atoms with E-state index in [1.165, 1.54) is 5.30 Å². The van der Waals surface area contributed by atoms with E-state index in [2.05, 4.69) is 12.1 Å². The van der Waals surface area contributed by atoms with Gasteiger partial charge < -0.3 is 18.1 Å². The van der Waals surface area contributed by atoms with Crippen molar-refractivity contribution < 1.29 is 27.2 Å². The van der Waals surface area contributed by atoms with E-state index >= 15 is 0 Å². The van der Waals surface area contributed by atoms with E-state index in [1.54, 1.807) is 0 Å². The molecule has 0 aliphatic rings. The summed E-state index contributed by atoms with van der Waals surface area (Å²) in [6, 6.07) is 10.4. The molecule has 0 radical (unpaired) electrons. The summed E-state index contributed by atoms with van der Waals surface area (Å²) in [7, 11) is -6.78. The molecule has 0 aliphatic heterocycles. The van der Waals surface area contributed by atoms with Gasteiger partial charge in [0.25, 0.3) is 0 Å². The van der Waals surface area contributed by atoms with Crippen LogP contribution in [-0.4, -0.2) is 49.1 Å². The van der Waals surface area contributed by atoms with Gasteiger partial charge in [-0.25, -0.2) is 0 Å². The Morgan fingerprint density at radius 1 is 0.636 bits per heavy atom. The van der Waals surface area contributed by atoms with Gasteiger partial charge in [0.2, 0.25) is 0 Å². The molecule has 0 aliphatic carbocycles. The van der Waals surface area contributed by atoms with Crippen LogP contribution in [0, 0.1) is 0 Å². The first-order valence-corrected chi connectivity index (χ1v) is 17.2. The van der Waals surface area contributed by atoms with Crippen LogP contribution < -0.4 is 5.30 Å². The van der Waals surface area contributed by atoms with Crippen molar-refractivity contribution in [1.82, 2.24) is 0 Å². The van der Waals surface area contributed by atoms with E-state index in [0.29, 0.717) is 12.3 Å². The van der Waals surface area contributed by atoms with Crippen molar-refractivity contribution in [1.29, 1.82) is 0 Å². The molecule has 6 nitrogen and oxygen atoms in total. The van der Waals surface area contributed by atoms with Gasteiger partial charge in [0, 0.05) is 0 Å². The van der Waals surface area contributed by atoms with Crippen LogP contribution in [0.4, 0.5) is 0 Å². The van der Waals surface area contributed by atoms with Crippen LogP contribution in [0.3, 0.4) is 0 Å². The molecule has 1 rings (SSSR count). The maximum Gasteiger partial charge on any atom is 0.331 e. The SMILES string of the molecule is CC(C)OP(=O)(CCCP(CCCP(=O)(OC(C)C)OC(C)C)c1ccccc1)OC(C)C. The van der Waals surface area contributed by atoms with Gasteiger partial charge >= 0.3 is 15.2 Å².